The summed E-state index contributed by atoms with van der Waals surface area (Å²) in [7, 11) is 0. The van der Waals surface area contributed by atoms with E-state index in [-0.39, 0.29) is 30.0 Å². The number of esters is 1. The Bertz CT molecular complexity index is 705. The van der Waals surface area contributed by atoms with Crippen LogP contribution in [0.15, 0.2) is 0 Å². The van der Waals surface area contributed by atoms with Crippen molar-refractivity contribution in [2.75, 3.05) is 6.61 Å². The summed E-state index contributed by atoms with van der Waals surface area (Å²) in [5.74, 6) is 2.09. The molecule has 0 aromatic carbocycles. The SMILES string of the molecule is CC(=O)OCC(=O)[C@@]12O[C@@H]1CC1C3CC[C@@H]4C[C@H](O)CC[C@]4(C)C3CC[C@@]12C. The minimum Gasteiger partial charge on any atom is -0.458 e. The van der Waals surface area contributed by atoms with Gasteiger partial charge in [0.05, 0.1) is 12.2 Å². The summed E-state index contributed by atoms with van der Waals surface area (Å²) < 4.78 is 11.1. The van der Waals surface area contributed by atoms with Crippen molar-refractivity contribution in [2.45, 2.75) is 89.9 Å². The number of fused-ring (bicyclic) bond motifs is 7. The first-order valence-electron chi connectivity index (χ1n) is 11.2. The second kappa shape index (κ2) is 6.04. The van der Waals surface area contributed by atoms with E-state index < -0.39 is 11.6 Å². The van der Waals surface area contributed by atoms with Crippen LogP contribution in [0.3, 0.4) is 0 Å². The molecular weight excluding hydrogens is 356 g/mol. The largest absolute Gasteiger partial charge is 0.458 e. The van der Waals surface area contributed by atoms with Crippen molar-refractivity contribution < 1.29 is 24.2 Å². The fraction of sp³-hybridized carbons (Fsp3) is 0.913. The summed E-state index contributed by atoms with van der Waals surface area (Å²) in [4.78, 5) is 24.2. The third-order valence-corrected chi connectivity index (χ3v) is 9.89. The fourth-order valence-electron chi connectivity index (χ4n) is 8.43. The molecule has 0 bridgehead atoms. The first-order valence-corrected chi connectivity index (χ1v) is 11.2. The van der Waals surface area contributed by atoms with Gasteiger partial charge >= 0.3 is 5.97 Å². The smallest absolute Gasteiger partial charge is 0.303 e. The van der Waals surface area contributed by atoms with Gasteiger partial charge in [-0.25, -0.2) is 0 Å². The van der Waals surface area contributed by atoms with E-state index >= 15 is 0 Å². The van der Waals surface area contributed by atoms with Gasteiger partial charge in [-0.15, -0.1) is 0 Å². The Hall–Kier alpha value is -0.940. The minimum absolute atomic E-state index is 0.0167. The lowest BCUT2D eigenvalue weighted by atomic mass is 9.44. The molecule has 1 aliphatic heterocycles. The third kappa shape index (κ3) is 2.32. The van der Waals surface area contributed by atoms with Crippen LogP contribution in [0.25, 0.3) is 0 Å². The van der Waals surface area contributed by atoms with E-state index in [0.29, 0.717) is 29.1 Å². The van der Waals surface area contributed by atoms with E-state index in [1.54, 1.807) is 0 Å². The molecule has 1 saturated heterocycles. The van der Waals surface area contributed by atoms with Gasteiger partial charge in [0.15, 0.2) is 12.2 Å². The molecule has 5 fully saturated rings. The highest BCUT2D eigenvalue weighted by Crippen LogP contribution is 2.73. The predicted molar refractivity (Wildman–Crippen MR) is 102 cm³/mol. The Kier molecular flexibility index (Phi) is 4.11. The van der Waals surface area contributed by atoms with E-state index in [9.17, 15) is 14.7 Å². The summed E-state index contributed by atoms with van der Waals surface area (Å²) >= 11 is 0. The van der Waals surface area contributed by atoms with Gasteiger partial charge in [0, 0.05) is 12.3 Å². The van der Waals surface area contributed by atoms with Crippen LogP contribution in [0.4, 0.5) is 0 Å². The average molecular weight is 391 g/mol. The fourth-order valence-corrected chi connectivity index (χ4v) is 8.43. The first-order chi connectivity index (χ1) is 13.2. The maximum Gasteiger partial charge on any atom is 0.303 e. The molecule has 0 amide bonds. The van der Waals surface area contributed by atoms with Crippen LogP contribution < -0.4 is 0 Å². The quantitative estimate of drug-likeness (QED) is 0.591. The maximum atomic E-state index is 13.0. The Balaban J connectivity index is 1.39. The van der Waals surface area contributed by atoms with E-state index in [1.807, 2.05) is 0 Å². The lowest BCUT2D eigenvalue weighted by Crippen LogP contribution is -2.57. The molecule has 28 heavy (non-hydrogen) atoms. The van der Waals surface area contributed by atoms with Crippen molar-refractivity contribution in [1.82, 2.24) is 0 Å². The number of carbonyl (C=O) groups excluding carboxylic acids is 2. The number of epoxide rings is 1. The molecule has 0 spiro atoms. The van der Waals surface area contributed by atoms with Gasteiger partial charge < -0.3 is 14.6 Å². The van der Waals surface area contributed by atoms with E-state index in [2.05, 4.69) is 13.8 Å². The van der Waals surface area contributed by atoms with Gasteiger partial charge in [0.25, 0.3) is 0 Å². The number of ether oxygens (including phenoxy) is 2. The van der Waals surface area contributed by atoms with Crippen molar-refractivity contribution in [3.8, 4) is 0 Å². The van der Waals surface area contributed by atoms with Gasteiger partial charge in [-0.05, 0) is 80.5 Å². The standard InChI is InChI=1S/C23H34O5/c1-13(24)27-12-19(26)23-20(28-23)11-18-16-5-4-14-10-15(25)6-8-21(14,2)17(16)7-9-22(18,23)3/h14-18,20,25H,4-12H2,1-3H3/t14-,15-,16?,17?,18?,20-,21+,22+,23-/m1/s1. The van der Waals surface area contributed by atoms with Gasteiger partial charge in [0.2, 0.25) is 5.78 Å². The molecule has 0 radical (unpaired) electrons. The second-order valence-corrected chi connectivity index (χ2v) is 10.8. The highest BCUT2D eigenvalue weighted by atomic mass is 16.6. The van der Waals surface area contributed by atoms with Gasteiger partial charge in [-0.2, -0.15) is 0 Å². The summed E-state index contributed by atoms with van der Waals surface area (Å²) in [5.41, 5.74) is -0.502. The molecule has 4 saturated carbocycles. The lowest BCUT2D eigenvalue weighted by molar-refractivity contribution is -0.159. The number of hydrogen-bond acceptors (Lipinski definition) is 5. The van der Waals surface area contributed by atoms with Crippen molar-refractivity contribution in [3.63, 3.8) is 0 Å². The number of aliphatic hydroxyl groups excluding tert-OH is 1. The number of ketones is 1. The molecule has 5 nitrogen and oxygen atoms in total. The summed E-state index contributed by atoms with van der Waals surface area (Å²) in [6, 6.07) is 0. The van der Waals surface area contributed by atoms with Crippen LogP contribution in [0, 0.1) is 34.5 Å². The van der Waals surface area contributed by atoms with Crippen molar-refractivity contribution in [3.05, 3.63) is 0 Å². The highest BCUT2D eigenvalue weighted by molar-refractivity contribution is 5.94. The first kappa shape index (κ1) is 19.0. The molecule has 0 aromatic rings. The maximum absolute atomic E-state index is 13.0. The molecule has 156 valence electrons. The number of Topliss-reactive ketones (excluding diaryl/α,β-unsaturated/α-hetero) is 1. The summed E-state index contributed by atoms with van der Waals surface area (Å²) in [5, 5.41) is 10.2. The molecule has 0 aromatic heterocycles. The monoisotopic (exact) mass is 390 g/mol. The number of carbonyl (C=O) groups is 2. The minimum atomic E-state index is -0.710. The number of hydrogen-bond donors (Lipinski definition) is 1. The zero-order chi connectivity index (χ0) is 19.9. The van der Waals surface area contributed by atoms with Crippen molar-refractivity contribution in [2.24, 2.45) is 34.5 Å². The zero-order valence-corrected chi connectivity index (χ0v) is 17.4. The lowest BCUT2D eigenvalue weighted by Gasteiger charge is -2.61. The van der Waals surface area contributed by atoms with E-state index in [0.717, 1.165) is 38.5 Å². The summed E-state index contributed by atoms with van der Waals surface area (Å²) in [6.45, 7) is 5.95. The normalized spacial score (nSPS) is 54.0. The van der Waals surface area contributed by atoms with Crippen LogP contribution in [0.5, 0.6) is 0 Å². The summed E-state index contributed by atoms with van der Waals surface area (Å²) in [6.07, 6.45) is 8.53. The van der Waals surface area contributed by atoms with E-state index in [4.69, 9.17) is 9.47 Å². The zero-order valence-electron chi connectivity index (χ0n) is 17.4. The third-order valence-electron chi connectivity index (χ3n) is 9.89. The highest BCUT2D eigenvalue weighted by Gasteiger charge is 2.80. The van der Waals surface area contributed by atoms with Crippen molar-refractivity contribution >= 4 is 11.8 Å². The van der Waals surface area contributed by atoms with Crippen LogP contribution in [0.2, 0.25) is 0 Å². The predicted octanol–water partition coefficient (Wildman–Crippen LogP) is 3.27. The molecule has 4 aliphatic carbocycles. The van der Waals surface area contributed by atoms with Crippen LogP contribution in [0.1, 0.15) is 72.1 Å². The number of aliphatic hydroxyl groups is 1. The molecule has 9 atom stereocenters. The van der Waals surface area contributed by atoms with Crippen LogP contribution in [-0.4, -0.2) is 41.3 Å². The molecular formula is C23H34O5. The molecule has 5 rings (SSSR count). The molecule has 3 unspecified atom stereocenters. The number of rotatable bonds is 3. The Morgan fingerprint density at radius 1 is 1.07 bits per heavy atom. The molecule has 5 heteroatoms. The van der Waals surface area contributed by atoms with E-state index in [1.165, 1.54) is 19.8 Å². The van der Waals surface area contributed by atoms with Crippen LogP contribution >= 0.6 is 0 Å². The second-order valence-electron chi connectivity index (χ2n) is 10.8. The molecule has 1 heterocycles. The Labute approximate surface area is 167 Å². The Morgan fingerprint density at radius 3 is 2.61 bits per heavy atom. The average Bonchev–Trinajstić information content (AvgIpc) is 3.32. The molecule has 5 aliphatic rings. The Morgan fingerprint density at radius 2 is 1.86 bits per heavy atom. The van der Waals surface area contributed by atoms with Gasteiger partial charge in [0.1, 0.15) is 0 Å². The van der Waals surface area contributed by atoms with Gasteiger partial charge in [-0.3, -0.25) is 9.59 Å². The van der Waals surface area contributed by atoms with Crippen LogP contribution in [-0.2, 0) is 19.1 Å². The molecule has 1 N–H and O–H groups in total. The van der Waals surface area contributed by atoms with Gasteiger partial charge in [-0.1, -0.05) is 13.8 Å². The van der Waals surface area contributed by atoms with Crippen molar-refractivity contribution in [1.29, 1.82) is 0 Å². The topological polar surface area (TPSA) is 76.1 Å².